The lowest BCUT2D eigenvalue weighted by molar-refractivity contribution is 0.280. The van der Waals surface area contributed by atoms with Crippen LogP contribution in [-0.2, 0) is 0 Å². The van der Waals surface area contributed by atoms with Gasteiger partial charge in [0.05, 0.1) is 11.9 Å². The van der Waals surface area contributed by atoms with Crippen molar-refractivity contribution in [2.45, 2.75) is 45.6 Å². The van der Waals surface area contributed by atoms with Crippen LogP contribution in [0.1, 0.15) is 51.3 Å². The van der Waals surface area contributed by atoms with Gasteiger partial charge in [-0.25, -0.2) is 4.68 Å². The predicted octanol–water partition coefficient (Wildman–Crippen LogP) is 2.38. The summed E-state index contributed by atoms with van der Waals surface area (Å²) < 4.78 is 1.83. The lowest BCUT2D eigenvalue weighted by Gasteiger charge is -2.25. The molecule has 0 aliphatic heterocycles. The van der Waals surface area contributed by atoms with Crippen LogP contribution in [0.5, 0.6) is 0 Å². The van der Waals surface area contributed by atoms with Gasteiger partial charge in [0, 0.05) is 5.92 Å². The molecule has 0 bridgehead atoms. The van der Waals surface area contributed by atoms with E-state index in [1.807, 2.05) is 10.9 Å². The van der Waals surface area contributed by atoms with Gasteiger partial charge in [0.25, 0.3) is 0 Å². The number of hydrogen-bond donors (Lipinski definition) is 0. The summed E-state index contributed by atoms with van der Waals surface area (Å²) in [7, 11) is 0. The van der Waals surface area contributed by atoms with Crippen LogP contribution >= 0.6 is 0 Å². The van der Waals surface area contributed by atoms with Crippen molar-refractivity contribution in [3.63, 3.8) is 0 Å². The normalized spacial score (nSPS) is 18.5. The SMILES string of the molecule is C#C[C@@H](n1cc(C2CC2)nn1)C(C)(C)C. The summed E-state index contributed by atoms with van der Waals surface area (Å²) in [6.07, 6.45) is 10.1. The highest BCUT2D eigenvalue weighted by molar-refractivity contribution is 5.12. The second-order valence-electron chi connectivity index (χ2n) is 5.33. The van der Waals surface area contributed by atoms with Crippen LogP contribution in [0.25, 0.3) is 0 Å². The summed E-state index contributed by atoms with van der Waals surface area (Å²) in [5.74, 6) is 3.43. The van der Waals surface area contributed by atoms with Gasteiger partial charge in [-0.15, -0.1) is 11.5 Å². The van der Waals surface area contributed by atoms with E-state index in [0.29, 0.717) is 5.92 Å². The number of aromatic nitrogens is 3. The quantitative estimate of drug-likeness (QED) is 0.691. The van der Waals surface area contributed by atoms with Gasteiger partial charge in [-0.3, -0.25) is 0 Å². The highest BCUT2D eigenvalue weighted by atomic mass is 15.4. The van der Waals surface area contributed by atoms with E-state index in [0.717, 1.165) is 5.69 Å². The van der Waals surface area contributed by atoms with Crippen molar-refractivity contribution in [3.8, 4) is 12.3 Å². The topological polar surface area (TPSA) is 30.7 Å². The van der Waals surface area contributed by atoms with E-state index in [4.69, 9.17) is 6.42 Å². The van der Waals surface area contributed by atoms with Crippen LogP contribution in [0.4, 0.5) is 0 Å². The van der Waals surface area contributed by atoms with E-state index >= 15 is 0 Å². The third-order valence-electron chi connectivity index (χ3n) is 2.77. The van der Waals surface area contributed by atoms with Gasteiger partial charge in [0.2, 0.25) is 0 Å². The second kappa shape index (κ2) is 3.37. The number of rotatable bonds is 2. The molecule has 15 heavy (non-hydrogen) atoms. The van der Waals surface area contributed by atoms with Crippen LogP contribution < -0.4 is 0 Å². The maximum Gasteiger partial charge on any atom is 0.118 e. The fraction of sp³-hybridized carbons (Fsp3) is 0.667. The minimum atomic E-state index is -0.0162. The molecule has 0 saturated heterocycles. The lowest BCUT2D eigenvalue weighted by Crippen LogP contribution is -2.23. The lowest BCUT2D eigenvalue weighted by atomic mass is 9.87. The molecule has 1 aliphatic carbocycles. The van der Waals surface area contributed by atoms with Crippen molar-refractivity contribution in [1.29, 1.82) is 0 Å². The largest absolute Gasteiger partial charge is 0.237 e. The van der Waals surface area contributed by atoms with Crippen molar-refractivity contribution in [3.05, 3.63) is 11.9 Å². The summed E-state index contributed by atoms with van der Waals surface area (Å²) in [4.78, 5) is 0. The second-order valence-corrected chi connectivity index (χ2v) is 5.33. The van der Waals surface area contributed by atoms with Crippen molar-refractivity contribution in [1.82, 2.24) is 15.0 Å². The average Bonchev–Trinajstić information content (AvgIpc) is 2.86. The summed E-state index contributed by atoms with van der Waals surface area (Å²) in [5, 5.41) is 8.32. The van der Waals surface area contributed by atoms with Gasteiger partial charge in [-0.2, -0.15) is 0 Å². The van der Waals surface area contributed by atoms with Gasteiger partial charge >= 0.3 is 0 Å². The van der Waals surface area contributed by atoms with Crippen LogP contribution in [0.15, 0.2) is 6.20 Å². The molecule has 0 unspecified atom stereocenters. The van der Waals surface area contributed by atoms with Crippen LogP contribution in [0.3, 0.4) is 0 Å². The molecule has 1 atom stereocenters. The maximum absolute atomic E-state index is 5.55. The third kappa shape index (κ3) is 2.04. The Hall–Kier alpha value is -1.30. The molecule has 0 spiro atoms. The molecule has 1 fully saturated rings. The van der Waals surface area contributed by atoms with E-state index < -0.39 is 0 Å². The van der Waals surface area contributed by atoms with Gasteiger partial charge in [-0.1, -0.05) is 31.9 Å². The fourth-order valence-corrected chi connectivity index (χ4v) is 1.71. The average molecular weight is 203 g/mol. The Morgan fingerprint density at radius 1 is 1.53 bits per heavy atom. The summed E-state index contributed by atoms with van der Waals surface area (Å²) in [6, 6.07) is -0.0162. The van der Waals surface area contributed by atoms with Crippen molar-refractivity contribution in [2.75, 3.05) is 0 Å². The molecule has 1 heterocycles. The molecular formula is C12H17N3. The molecule has 2 rings (SSSR count). The Labute approximate surface area is 90.9 Å². The maximum atomic E-state index is 5.55. The van der Waals surface area contributed by atoms with E-state index in [-0.39, 0.29) is 11.5 Å². The highest BCUT2D eigenvalue weighted by Gasteiger charge is 2.30. The molecule has 1 aromatic rings. The van der Waals surface area contributed by atoms with Crippen molar-refractivity contribution in [2.24, 2.45) is 5.41 Å². The monoisotopic (exact) mass is 203 g/mol. The summed E-state index contributed by atoms with van der Waals surface area (Å²) in [6.45, 7) is 6.36. The Kier molecular flexibility index (Phi) is 2.30. The standard InChI is InChI=1S/C12H17N3/c1-5-11(12(2,3)4)15-8-10(13-14-15)9-6-7-9/h1,8-9,11H,6-7H2,2-4H3/t11-/m1/s1. The molecule has 0 amide bonds. The molecule has 0 radical (unpaired) electrons. The van der Waals surface area contributed by atoms with Gasteiger partial charge in [-0.05, 0) is 18.3 Å². The van der Waals surface area contributed by atoms with Crippen LogP contribution in [0, 0.1) is 17.8 Å². The predicted molar refractivity (Wildman–Crippen MR) is 59.3 cm³/mol. The number of hydrogen-bond acceptors (Lipinski definition) is 2. The number of nitrogens with zero attached hydrogens (tertiary/aromatic N) is 3. The first kappa shape index (κ1) is 10.2. The number of terminal acetylenes is 1. The highest BCUT2D eigenvalue weighted by Crippen LogP contribution is 2.39. The first-order valence-corrected chi connectivity index (χ1v) is 5.40. The van der Waals surface area contributed by atoms with E-state index in [2.05, 4.69) is 37.0 Å². The first-order valence-electron chi connectivity index (χ1n) is 5.40. The molecule has 1 saturated carbocycles. The Morgan fingerprint density at radius 3 is 2.67 bits per heavy atom. The van der Waals surface area contributed by atoms with Crippen LogP contribution in [-0.4, -0.2) is 15.0 Å². The van der Waals surface area contributed by atoms with E-state index in [1.54, 1.807) is 0 Å². The minimum absolute atomic E-state index is 0.0162. The van der Waals surface area contributed by atoms with Gasteiger partial charge < -0.3 is 0 Å². The molecule has 1 aromatic heterocycles. The zero-order valence-electron chi connectivity index (χ0n) is 9.57. The fourth-order valence-electron chi connectivity index (χ4n) is 1.71. The Bertz CT molecular complexity index is 388. The molecule has 80 valence electrons. The molecule has 0 aromatic carbocycles. The molecule has 1 aliphatic rings. The minimum Gasteiger partial charge on any atom is -0.237 e. The van der Waals surface area contributed by atoms with Crippen molar-refractivity contribution >= 4 is 0 Å². The summed E-state index contributed by atoms with van der Waals surface area (Å²) >= 11 is 0. The summed E-state index contributed by atoms with van der Waals surface area (Å²) in [5.41, 5.74) is 1.11. The molecule has 3 heteroatoms. The van der Waals surface area contributed by atoms with E-state index in [9.17, 15) is 0 Å². The molecular weight excluding hydrogens is 186 g/mol. The van der Waals surface area contributed by atoms with Crippen LogP contribution in [0.2, 0.25) is 0 Å². The molecule has 0 N–H and O–H groups in total. The molecule has 3 nitrogen and oxygen atoms in total. The Morgan fingerprint density at radius 2 is 2.20 bits per heavy atom. The van der Waals surface area contributed by atoms with E-state index in [1.165, 1.54) is 12.8 Å². The Balaban J connectivity index is 2.23. The van der Waals surface area contributed by atoms with Crippen molar-refractivity contribution < 1.29 is 0 Å². The third-order valence-corrected chi connectivity index (χ3v) is 2.77. The smallest absolute Gasteiger partial charge is 0.118 e. The zero-order valence-corrected chi connectivity index (χ0v) is 9.57. The van der Waals surface area contributed by atoms with Gasteiger partial charge in [0.15, 0.2) is 0 Å². The van der Waals surface area contributed by atoms with Gasteiger partial charge in [0.1, 0.15) is 6.04 Å². The zero-order chi connectivity index (χ0) is 11.1. The first-order chi connectivity index (χ1) is 7.02.